The predicted molar refractivity (Wildman–Crippen MR) is 155 cm³/mol. The molecular formula is C30H43BN2O2Si. The third-order valence-electron chi connectivity index (χ3n) is 8.92. The Morgan fingerprint density at radius 3 is 2.19 bits per heavy atom. The number of carbonyl (C=O) groups is 1. The molecule has 3 aromatic rings. The monoisotopic (exact) mass is 502 g/mol. The SMILES string of the molecule is CB(O)N1CCC(Cc2ccccc2)(C(=O)c2ccc3c(ccn3[Si](C(C)C)(C(C)C)C(C)C)c2)C1. The van der Waals surface area contributed by atoms with Gasteiger partial charge in [0.15, 0.2) is 14.0 Å². The molecule has 1 fully saturated rings. The van der Waals surface area contributed by atoms with Crippen LogP contribution in [0.3, 0.4) is 0 Å². The van der Waals surface area contributed by atoms with E-state index < -0.39 is 20.7 Å². The molecule has 1 aliphatic heterocycles. The van der Waals surface area contributed by atoms with E-state index in [9.17, 15) is 9.82 Å². The van der Waals surface area contributed by atoms with E-state index in [1.807, 2.05) is 23.0 Å². The maximum atomic E-state index is 14.2. The number of hydrogen-bond acceptors (Lipinski definition) is 3. The summed E-state index contributed by atoms with van der Waals surface area (Å²) in [4.78, 5) is 16.2. The zero-order valence-electron chi connectivity index (χ0n) is 23.2. The lowest BCUT2D eigenvalue weighted by Crippen LogP contribution is -2.51. The van der Waals surface area contributed by atoms with Crippen molar-refractivity contribution < 1.29 is 9.82 Å². The minimum atomic E-state index is -1.88. The first-order valence-electron chi connectivity index (χ1n) is 13.7. The standard InChI is InChI=1S/C30H43BN2O2Si/c1-22(2)36(23(3)4,24(5)6)33-17-15-26-19-27(13-14-28(26)33)29(34)30(16-18-32(21-30)31(7)35)20-25-11-9-8-10-12-25/h8-15,17,19,22-24,35H,16,18,20-21H2,1-7H3. The number of ketones is 1. The first-order chi connectivity index (χ1) is 17.0. The predicted octanol–water partition coefficient (Wildman–Crippen LogP) is 6.89. The number of aromatic nitrogens is 1. The Hall–Kier alpha value is -2.15. The quantitative estimate of drug-likeness (QED) is 0.256. The topological polar surface area (TPSA) is 45.5 Å². The van der Waals surface area contributed by atoms with Gasteiger partial charge in [0, 0.05) is 17.6 Å². The third kappa shape index (κ3) is 4.53. The van der Waals surface area contributed by atoms with Crippen molar-refractivity contribution in [3.8, 4) is 0 Å². The van der Waals surface area contributed by atoms with Gasteiger partial charge < -0.3 is 14.1 Å². The second-order valence-electron chi connectivity index (χ2n) is 11.9. The zero-order chi connectivity index (χ0) is 26.3. The van der Waals surface area contributed by atoms with Gasteiger partial charge in [-0.2, -0.15) is 0 Å². The van der Waals surface area contributed by atoms with Crippen molar-refractivity contribution in [1.82, 2.24) is 9.04 Å². The van der Waals surface area contributed by atoms with E-state index in [0.29, 0.717) is 29.6 Å². The second kappa shape index (κ2) is 10.3. The fraction of sp³-hybridized carbons (Fsp3) is 0.500. The molecule has 0 radical (unpaired) electrons. The van der Waals surface area contributed by atoms with Gasteiger partial charge in [-0.15, -0.1) is 0 Å². The van der Waals surface area contributed by atoms with Gasteiger partial charge >= 0.3 is 7.05 Å². The molecule has 0 aliphatic carbocycles. The lowest BCUT2D eigenvalue weighted by molar-refractivity contribution is 0.0807. The molecule has 36 heavy (non-hydrogen) atoms. The number of Topliss-reactive ketones (excluding diaryl/α,β-unsaturated/α-hetero) is 1. The number of benzene rings is 2. The van der Waals surface area contributed by atoms with Gasteiger partial charge in [-0.3, -0.25) is 4.79 Å². The van der Waals surface area contributed by atoms with Crippen molar-refractivity contribution in [2.45, 2.75) is 77.8 Å². The normalized spacial score (nSPS) is 19.2. The number of hydrogen-bond donors (Lipinski definition) is 1. The van der Waals surface area contributed by atoms with E-state index >= 15 is 0 Å². The van der Waals surface area contributed by atoms with Crippen LogP contribution in [0.1, 0.15) is 63.9 Å². The van der Waals surface area contributed by atoms with Gasteiger partial charge in [-0.25, -0.2) is 0 Å². The Kier molecular flexibility index (Phi) is 7.71. The summed E-state index contributed by atoms with van der Waals surface area (Å²) in [7, 11) is -2.42. The average molecular weight is 503 g/mol. The van der Waals surface area contributed by atoms with E-state index in [1.165, 1.54) is 11.1 Å². The van der Waals surface area contributed by atoms with Gasteiger partial charge in [0.1, 0.15) is 0 Å². The molecule has 1 aromatic heterocycles. The van der Waals surface area contributed by atoms with Gasteiger partial charge in [0.2, 0.25) is 0 Å². The van der Waals surface area contributed by atoms with E-state index in [1.54, 1.807) is 6.82 Å². The molecule has 1 saturated heterocycles. The van der Waals surface area contributed by atoms with Crippen LogP contribution in [0.25, 0.3) is 10.9 Å². The highest BCUT2D eigenvalue weighted by molar-refractivity contribution is 6.82. The van der Waals surface area contributed by atoms with Crippen LogP contribution in [0, 0.1) is 5.41 Å². The fourth-order valence-corrected chi connectivity index (χ4v) is 14.0. The minimum Gasteiger partial charge on any atom is -0.437 e. The molecule has 1 N–H and O–H groups in total. The molecule has 4 rings (SSSR count). The molecule has 0 amide bonds. The molecule has 6 heteroatoms. The molecule has 0 spiro atoms. The molecule has 0 saturated carbocycles. The Labute approximate surface area is 218 Å². The van der Waals surface area contributed by atoms with Crippen LogP contribution in [0.2, 0.25) is 23.4 Å². The number of nitrogens with zero attached hydrogens (tertiary/aromatic N) is 2. The third-order valence-corrected chi connectivity index (χ3v) is 15.7. The van der Waals surface area contributed by atoms with Crippen LogP contribution in [-0.2, 0) is 6.42 Å². The van der Waals surface area contributed by atoms with Crippen molar-refractivity contribution in [2.24, 2.45) is 5.41 Å². The lowest BCUT2D eigenvalue weighted by atomic mass is 9.74. The Balaban J connectivity index is 1.76. The summed E-state index contributed by atoms with van der Waals surface area (Å²) in [5, 5.41) is 11.4. The summed E-state index contributed by atoms with van der Waals surface area (Å²) in [6.07, 6.45) is 3.74. The van der Waals surface area contributed by atoms with Gasteiger partial charge in [-0.05, 0) is 84.2 Å². The van der Waals surface area contributed by atoms with Crippen molar-refractivity contribution in [2.75, 3.05) is 13.1 Å². The highest BCUT2D eigenvalue weighted by Crippen LogP contribution is 2.45. The molecule has 2 aromatic carbocycles. The molecular weight excluding hydrogens is 459 g/mol. The molecule has 2 heterocycles. The largest absolute Gasteiger partial charge is 0.437 e. The summed E-state index contributed by atoms with van der Waals surface area (Å²) < 4.78 is 2.61. The van der Waals surface area contributed by atoms with Crippen LogP contribution in [0.5, 0.6) is 0 Å². The van der Waals surface area contributed by atoms with Crippen molar-refractivity contribution in [3.63, 3.8) is 0 Å². The van der Waals surface area contributed by atoms with E-state index in [-0.39, 0.29) is 5.78 Å². The molecule has 1 aliphatic rings. The molecule has 192 valence electrons. The number of carbonyl (C=O) groups excluding carboxylic acids is 1. The van der Waals surface area contributed by atoms with Gasteiger partial charge in [0.25, 0.3) is 0 Å². The Morgan fingerprint density at radius 2 is 1.64 bits per heavy atom. The van der Waals surface area contributed by atoms with Gasteiger partial charge in [0.05, 0.1) is 5.41 Å². The molecule has 0 bridgehead atoms. The van der Waals surface area contributed by atoms with E-state index in [4.69, 9.17) is 0 Å². The van der Waals surface area contributed by atoms with Crippen LogP contribution < -0.4 is 0 Å². The minimum absolute atomic E-state index is 0.198. The summed E-state index contributed by atoms with van der Waals surface area (Å²) in [6.45, 7) is 17.4. The lowest BCUT2D eigenvalue weighted by Gasteiger charge is -2.44. The first-order valence-corrected chi connectivity index (χ1v) is 15.8. The first kappa shape index (κ1) is 26.9. The van der Waals surface area contributed by atoms with Gasteiger partial charge in [-0.1, -0.05) is 71.9 Å². The second-order valence-corrected chi connectivity index (χ2v) is 17.7. The molecule has 4 nitrogen and oxygen atoms in total. The summed E-state index contributed by atoms with van der Waals surface area (Å²) in [5.74, 6) is 0.198. The van der Waals surface area contributed by atoms with Crippen molar-refractivity contribution >= 4 is 32.0 Å². The highest BCUT2D eigenvalue weighted by atomic mass is 28.3. The van der Waals surface area contributed by atoms with Crippen LogP contribution in [0.15, 0.2) is 60.8 Å². The fourth-order valence-electron chi connectivity index (χ4n) is 7.38. The maximum Gasteiger partial charge on any atom is 0.376 e. The summed E-state index contributed by atoms with van der Waals surface area (Å²) in [6, 6.07) is 18.9. The van der Waals surface area contributed by atoms with Crippen molar-refractivity contribution in [1.29, 1.82) is 0 Å². The zero-order valence-corrected chi connectivity index (χ0v) is 24.2. The maximum absolute atomic E-state index is 14.2. The Morgan fingerprint density at radius 1 is 1.00 bits per heavy atom. The average Bonchev–Trinajstić information content (AvgIpc) is 3.44. The number of rotatable bonds is 9. The van der Waals surface area contributed by atoms with Crippen molar-refractivity contribution in [3.05, 3.63) is 71.9 Å². The van der Waals surface area contributed by atoms with E-state index in [0.717, 1.165) is 23.9 Å². The number of fused-ring (bicyclic) bond motifs is 1. The van der Waals surface area contributed by atoms with E-state index in [2.05, 4.69) is 88.4 Å². The van der Waals surface area contributed by atoms with Crippen LogP contribution in [-0.4, -0.2) is 48.2 Å². The summed E-state index contributed by atoms with van der Waals surface area (Å²) >= 11 is 0. The molecule has 1 unspecified atom stereocenters. The smallest absolute Gasteiger partial charge is 0.376 e. The molecule has 1 atom stereocenters. The Bertz CT molecular complexity index is 1180. The van der Waals surface area contributed by atoms with Crippen LogP contribution in [0.4, 0.5) is 0 Å². The summed E-state index contributed by atoms with van der Waals surface area (Å²) in [5.41, 5.74) is 4.50. The highest BCUT2D eigenvalue weighted by Gasteiger charge is 2.47. The van der Waals surface area contributed by atoms with Crippen LogP contribution >= 0.6 is 0 Å².